The summed E-state index contributed by atoms with van der Waals surface area (Å²) in [6.07, 6.45) is 5.63. The first-order valence-corrected chi connectivity index (χ1v) is 12.1. The average Bonchev–Trinajstić information content (AvgIpc) is 3.30. The van der Waals surface area contributed by atoms with Crippen molar-refractivity contribution < 1.29 is 17.7 Å². The molecule has 0 unspecified atom stereocenters. The molecule has 0 radical (unpaired) electrons. The third-order valence-electron chi connectivity index (χ3n) is 5.73. The quantitative estimate of drug-likeness (QED) is 0.512. The fraction of sp³-hybridized carbons (Fsp3) is 0.391. The molecule has 164 valence electrons. The minimum atomic E-state index is -3.78. The summed E-state index contributed by atoms with van der Waals surface area (Å²) in [4.78, 5) is 4.74. The highest BCUT2D eigenvalue weighted by Crippen LogP contribution is 2.36. The minimum Gasteiger partial charge on any atom is -0.496 e. The fourth-order valence-corrected chi connectivity index (χ4v) is 5.60. The van der Waals surface area contributed by atoms with Gasteiger partial charge in [0.25, 0.3) is 10.0 Å². The Labute approximate surface area is 183 Å². The molecular weight excluding hydrogens is 414 g/mol. The van der Waals surface area contributed by atoms with Crippen molar-refractivity contribution in [3.05, 3.63) is 54.4 Å². The molecule has 8 heteroatoms. The van der Waals surface area contributed by atoms with Crippen LogP contribution in [0.2, 0.25) is 0 Å². The number of methoxy groups -OCH3 is 1. The van der Waals surface area contributed by atoms with Gasteiger partial charge >= 0.3 is 0 Å². The molecule has 3 aromatic rings. The molecule has 0 bridgehead atoms. The normalized spacial score (nSPS) is 15.0. The van der Waals surface area contributed by atoms with Gasteiger partial charge in [0.05, 0.1) is 23.3 Å². The Hall–Kier alpha value is -2.87. The Morgan fingerprint density at radius 1 is 1.10 bits per heavy atom. The summed E-state index contributed by atoms with van der Waals surface area (Å²) in [5, 5.41) is 4.14. The average molecular weight is 442 g/mol. The number of sulfonamides is 1. The topological polar surface area (TPSA) is 85.5 Å². The number of aromatic nitrogens is 2. The number of nitrogens with zero attached hydrogens (tertiary/aromatic N) is 3. The Balaban J connectivity index is 1.72. The molecule has 31 heavy (non-hydrogen) atoms. The molecular formula is C23H27N3O4S. The van der Waals surface area contributed by atoms with E-state index in [4.69, 9.17) is 9.26 Å². The smallest absolute Gasteiger partial charge is 0.264 e. The highest BCUT2D eigenvalue weighted by atomic mass is 32.2. The van der Waals surface area contributed by atoms with Gasteiger partial charge in [-0.1, -0.05) is 42.6 Å². The number of ether oxygens (including phenoxy) is 1. The number of hydrogen-bond acceptors (Lipinski definition) is 6. The van der Waals surface area contributed by atoms with Gasteiger partial charge in [-0.15, -0.1) is 0 Å². The first-order valence-electron chi connectivity index (χ1n) is 10.6. The second-order valence-corrected chi connectivity index (χ2v) is 9.52. The van der Waals surface area contributed by atoms with Crippen LogP contribution in [0.3, 0.4) is 0 Å². The van der Waals surface area contributed by atoms with E-state index in [1.165, 1.54) is 17.8 Å². The van der Waals surface area contributed by atoms with E-state index < -0.39 is 10.0 Å². The molecule has 1 aliphatic carbocycles. The maximum Gasteiger partial charge on any atom is 0.264 e. The van der Waals surface area contributed by atoms with Crippen LogP contribution in [0, 0.1) is 0 Å². The third-order valence-corrected chi connectivity index (χ3v) is 7.63. The molecule has 0 atom stereocenters. The molecule has 7 nitrogen and oxygen atoms in total. The number of anilines is 1. The summed E-state index contributed by atoms with van der Waals surface area (Å²) in [5.74, 6) is 1.72. The van der Waals surface area contributed by atoms with Crippen molar-refractivity contribution in [3.63, 3.8) is 0 Å². The largest absolute Gasteiger partial charge is 0.496 e. The van der Waals surface area contributed by atoms with Crippen molar-refractivity contribution in [2.45, 2.75) is 49.8 Å². The zero-order valence-corrected chi connectivity index (χ0v) is 18.6. The van der Waals surface area contributed by atoms with E-state index in [0.29, 0.717) is 35.3 Å². The molecule has 0 aliphatic heterocycles. The van der Waals surface area contributed by atoms with Crippen LogP contribution >= 0.6 is 0 Å². The number of para-hydroxylation sites is 1. The SMILES string of the molecule is CCN(c1ccccc1)S(=O)(=O)c1ccc(OC)c(-c2noc(C3CCCCC3)n2)c1. The molecule has 0 spiro atoms. The van der Waals surface area contributed by atoms with Gasteiger partial charge in [0.2, 0.25) is 11.7 Å². The van der Waals surface area contributed by atoms with Gasteiger partial charge in [-0.2, -0.15) is 4.98 Å². The molecule has 0 saturated heterocycles. The van der Waals surface area contributed by atoms with Gasteiger partial charge in [-0.05, 0) is 50.1 Å². The van der Waals surface area contributed by atoms with Crippen LogP contribution in [-0.4, -0.2) is 32.2 Å². The molecule has 1 aliphatic rings. The van der Waals surface area contributed by atoms with Gasteiger partial charge in [-0.3, -0.25) is 4.31 Å². The van der Waals surface area contributed by atoms with E-state index in [1.54, 1.807) is 30.3 Å². The van der Waals surface area contributed by atoms with Gasteiger partial charge in [0, 0.05) is 12.5 Å². The van der Waals surface area contributed by atoms with Crippen molar-refractivity contribution in [2.75, 3.05) is 18.0 Å². The number of rotatable bonds is 7. The Morgan fingerprint density at radius 2 is 1.84 bits per heavy atom. The second kappa shape index (κ2) is 9.09. The summed E-state index contributed by atoms with van der Waals surface area (Å²) in [6.45, 7) is 2.12. The lowest BCUT2D eigenvalue weighted by atomic mass is 9.89. The highest BCUT2D eigenvalue weighted by Gasteiger charge is 2.27. The lowest BCUT2D eigenvalue weighted by molar-refractivity contribution is 0.314. The molecule has 1 heterocycles. The van der Waals surface area contributed by atoms with Crippen molar-refractivity contribution in [1.82, 2.24) is 10.1 Å². The monoisotopic (exact) mass is 441 g/mol. The standard InChI is InChI=1S/C23H27N3O4S/c1-3-26(18-12-8-5-9-13-18)31(27,28)19-14-15-21(29-2)20(16-19)22-24-23(30-25-22)17-10-6-4-7-11-17/h5,8-9,12-17H,3-4,6-7,10-11H2,1-2H3. The van der Waals surface area contributed by atoms with E-state index in [1.807, 2.05) is 25.1 Å². The van der Waals surface area contributed by atoms with Gasteiger partial charge in [0.1, 0.15) is 5.75 Å². The Morgan fingerprint density at radius 3 is 2.52 bits per heavy atom. The lowest BCUT2D eigenvalue weighted by Crippen LogP contribution is -2.30. The summed E-state index contributed by atoms with van der Waals surface area (Å²) < 4.78 is 39.2. The first-order chi connectivity index (χ1) is 15.0. The minimum absolute atomic E-state index is 0.151. The Bertz CT molecular complexity index is 1120. The predicted octanol–water partition coefficient (Wildman–Crippen LogP) is 5.01. The maximum atomic E-state index is 13.4. The van der Waals surface area contributed by atoms with Crippen LogP contribution in [0.4, 0.5) is 5.69 Å². The van der Waals surface area contributed by atoms with Gasteiger partial charge in [-0.25, -0.2) is 8.42 Å². The van der Waals surface area contributed by atoms with Crippen LogP contribution in [-0.2, 0) is 10.0 Å². The van der Waals surface area contributed by atoms with Crippen molar-refractivity contribution in [2.24, 2.45) is 0 Å². The molecule has 2 aromatic carbocycles. The highest BCUT2D eigenvalue weighted by molar-refractivity contribution is 7.92. The lowest BCUT2D eigenvalue weighted by Gasteiger charge is -2.23. The summed E-state index contributed by atoms with van der Waals surface area (Å²) >= 11 is 0. The van der Waals surface area contributed by atoms with E-state index in [-0.39, 0.29) is 10.8 Å². The van der Waals surface area contributed by atoms with E-state index in [2.05, 4.69) is 10.1 Å². The summed E-state index contributed by atoms with van der Waals surface area (Å²) in [5.41, 5.74) is 1.11. The van der Waals surface area contributed by atoms with E-state index in [9.17, 15) is 8.42 Å². The van der Waals surface area contributed by atoms with Crippen LogP contribution < -0.4 is 9.04 Å². The number of hydrogen-bond donors (Lipinski definition) is 0. The second-order valence-electron chi connectivity index (χ2n) is 7.66. The molecule has 0 amide bonds. The van der Waals surface area contributed by atoms with E-state index in [0.717, 1.165) is 25.7 Å². The van der Waals surface area contributed by atoms with Crippen LogP contribution in [0.1, 0.15) is 50.8 Å². The third kappa shape index (κ3) is 4.30. The zero-order valence-electron chi connectivity index (χ0n) is 17.8. The molecule has 1 fully saturated rings. The van der Waals surface area contributed by atoms with Crippen molar-refractivity contribution in [3.8, 4) is 17.1 Å². The molecule has 0 N–H and O–H groups in total. The van der Waals surface area contributed by atoms with Gasteiger partial charge < -0.3 is 9.26 Å². The first kappa shape index (κ1) is 21.4. The van der Waals surface area contributed by atoms with Crippen LogP contribution in [0.15, 0.2) is 57.9 Å². The number of benzene rings is 2. The molecule has 1 aromatic heterocycles. The van der Waals surface area contributed by atoms with Crippen LogP contribution in [0.25, 0.3) is 11.4 Å². The maximum absolute atomic E-state index is 13.4. The van der Waals surface area contributed by atoms with Crippen molar-refractivity contribution in [1.29, 1.82) is 0 Å². The van der Waals surface area contributed by atoms with Crippen LogP contribution in [0.5, 0.6) is 5.75 Å². The molecule has 1 saturated carbocycles. The predicted molar refractivity (Wildman–Crippen MR) is 119 cm³/mol. The Kier molecular flexibility index (Phi) is 6.27. The van der Waals surface area contributed by atoms with E-state index >= 15 is 0 Å². The van der Waals surface area contributed by atoms with Crippen molar-refractivity contribution >= 4 is 15.7 Å². The summed E-state index contributed by atoms with van der Waals surface area (Å²) in [7, 11) is -2.24. The van der Waals surface area contributed by atoms with Gasteiger partial charge in [0.15, 0.2) is 0 Å². The summed E-state index contributed by atoms with van der Waals surface area (Å²) in [6, 6.07) is 13.8. The fourth-order valence-electron chi connectivity index (χ4n) is 4.10. The molecule has 4 rings (SSSR count). The zero-order chi connectivity index (χ0) is 21.8.